The Morgan fingerprint density at radius 2 is 1.62 bits per heavy atom. The van der Waals surface area contributed by atoms with Crippen LogP contribution in [0.3, 0.4) is 0 Å². The highest BCUT2D eigenvalue weighted by Gasteiger charge is 2.17. The van der Waals surface area contributed by atoms with Crippen LogP contribution in [0.1, 0.15) is 11.4 Å². The molecule has 110 valence electrons. The van der Waals surface area contributed by atoms with Crippen molar-refractivity contribution in [1.29, 1.82) is 0 Å². The van der Waals surface area contributed by atoms with Gasteiger partial charge in [-0.15, -0.1) is 0 Å². The second-order valence-electron chi connectivity index (χ2n) is 4.76. The summed E-state index contributed by atoms with van der Waals surface area (Å²) in [5, 5.41) is 8.98. The first-order valence-corrected chi connectivity index (χ1v) is 6.65. The molecule has 0 aromatic carbocycles. The number of nitrogens with zero attached hydrogens (tertiary/aromatic N) is 3. The summed E-state index contributed by atoms with van der Waals surface area (Å²) >= 11 is 0. The van der Waals surface area contributed by atoms with Gasteiger partial charge in [-0.3, -0.25) is 19.7 Å². The lowest BCUT2D eigenvalue weighted by molar-refractivity contribution is -0.139. The van der Waals surface area contributed by atoms with Gasteiger partial charge in [0.05, 0.1) is 11.4 Å². The minimum Gasteiger partial charge on any atom is -0.480 e. The van der Waals surface area contributed by atoms with Crippen LogP contribution < -0.4 is 5.73 Å². The summed E-state index contributed by atoms with van der Waals surface area (Å²) in [5.41, 5.74) is 7.38. The fourth-order valence-electron chi connectivity index (χ4n) is 1.98. The van der Waals surface area contributed by atoms with Gasteiger partial charge >= 0.3 is 5.97 Å². The predicted octanol–water partition coefficient (Wildman–Crippen LogP) is 0.891. The predicted molar refractivity (Wildman–Crippen MR) is 78.2 cm³/mol. The average molecular weight is 286 g/mol. The average Bonchev–Trinajstić information content (AvgIpc) is 2.49. The Balaban J connectivity index is 2.08. The van der Waals surface area contributed by atoms with E-state index in [0.717, 1.165) is 11.4 Å². The van der Waals surface area contributed by atoms with Crippen molar-refractivity contribution >= 4 is 5.97 Å². The van der Waals surface area contributed by atoms with Crippen LogP contribution >= 0.6 is 0 Å². The molecule has 21 heavy (non-hydrogen) atoms. The highest BCUT2D eigenvalue weighted by molar-refractivity contribution is 5.73. The number of rotatable bonds is 7. The number of carbonyl (C=O) groups is 1. The number of carboxylic acids is 1. The molecule has 2 aromatic rings. The maximum Gasteiger partial charge on any atom is 0.321 e. The van der Waals surface area contributed by atoms with E-state index >= 15 is 0 Å². The summed E-state index contributed by atoms with van der Waals surface area (Å²) in [7, 11) is 0. The van der Waals surface area contributed by atoms with Crippen molar-refractivity contribution in [3.05, 3.63) is 60.2 Å². The Morgan fingerprint density at radius 1 is 1.10 bits per heavy atom. The van der Waals surface area contributed by atoms with Crippen molar-refractivity contribution in [2.75, 3.05) is 6.54 Å². The van der Waals surface area contributed by atoms with E-state index in [2.05, 4.69) is 9.97 Å². The first kappa shape index (κ1) is 15.1. The van der Waals surface area contributed by atoms with Gasteiger partial charge < -0.3 is 10.8 Å². The fourth-order valence-corrected chi connectivity index (χ4v) is 1.98. The lowest BCUT2D eigenvalue weighted by Crippen LogP contribution is -2.42. The number of carboxylic acid groups (broad SMARTS) is 1. The van der Waals surface area contributed by atoms with E-state index in [-0.39, 0.29) is 6.54 Å². The molecule has 2 aromatic heterocycles. The molecule has 0 saturated heterocycles. The molecule has 0 aliphatic rings. The molecule has 0 aliphatic heterocycles. The van der Waals surface area contributed by atoms with Crippen molar-refractivity contribution in [2.45, 2.75) is 19.1 Å². The summed E-state index contributed by atoms with van der Waals surface area (Å²) in [4.78, 5) is 21.4. The van der Waals surface area contributed by atoms with Crippen LogP contribution in [-0.4, -0.2) is 38.5 Å². The lowest BCUT2D eigenvalue weighted by Gasteiger charge is -2.23. The Morgan fingerprint density at radius 3 is 2.00 bits per heavy atom. The number of nitrogens with two attached hydrogens (primary N) is 1. The Kier molecular flexibility index (Phi) is 5.36. The Bertz CT molecular complexity index is 521. The summed E-state index contributed by atoms with van der Waals surface area (Å²) in [6.07, 6.45) is 3.43. The first-order valence-electron chi connectivity index (χ1n) is 6.65. The van der Waals surface area contributed by atoms with Crippen LogP contribution in [0, 0.1) is 0 Å². The third kappa shape index (κ3) is 4.94. The molecule has 0 bridgehead atoms. The van der Waals surface area contributed by atoms with Crippen molar-refractivity contribution in [3.63, 3.8) is 0 Å². The number of hydrogen-bond acceptors (Lipinski definition) is 5. The van der Waals surface area contributed by atoms with Gasteiger partial charge in [0, 0.05) is 32.0 Å². The van der Waals surface area contributed by atoms with Gasteiger partial charge in [0.1, 0.15) is 6.04 Å². The van der Waals surface area contributed by atoms with E-state index in [1.807, 2.05) is 41.3 Å². The van der Waals surface area contributed by atoms with E-state index < -0.39 is 12.0 Å². The molecular formula is C15H18N4O2. The monoisotopic (exact) mass is 286 g/mol. The van der Waals surface area contributed by atoms with Gasteiger partial charge in [-0.1, -0.05) is 12.1 Å². The normalized spacial score (nSPS) is 12.3. The molecule has 1 atom stereocenters. The van der Waals surface area contributed by atoms with Gasteiger partial charge in [0.15, 0.2) is 0 Å². The topological polar surface area (TPSA) is 92.3 Å². The molecule has 0 amide bonds. The molecule has 0 saturated carbocycles. The van der Waals surface area contributed by atoms with Gasteiger partial charge in [-0.2, -0.15) is 0 Å². The number of aromatic nitrogens is 2. The molecule has 0 aliphatic carbocycles. The van der Waals surface area contributed by atoms with Crippen LogP contribution in [0.5, 0.6) is 0 Å². The summed E-state index contributed by atoms with van der Waals surface area (Å²) in [6, 6.07) is 10.4. The zero-order valence-corrected chi connectivity index (χ0v) is 11.6. The quantitative estimate of drug-likeness (QED) is 0.785. The molecule has 2 heterocycles. The summed E-state index contributed by atoms with van der Waals surface area (Å²) in [6.45, 7) is 1.29. The Labute approximate surface area is 123 Å². The van der Waals surface area contributed by atoms with Crippen molar-refractivity contribution < 1.29 is 9.90 Å². The van der Waals surface area contributed by atoms with Gasteiger partial charge in [-0.25, -0.2) is 0 Å². The fraction of sp³-hybridized carbons (Fsp3) is 0.267. The Hall–Kier alpha value is -2.31. The smallest absolute Gasteiger partial charge is 0.321 e. The second kappa shape index (κ2) is 7.47. The van der Waals surface area contributed by atoms with Crippen LogP contribution in [0.25, 0.3) is 0 Å². The van der Waals surface area contributed by atoms with Gasteiger partial charge in [-0.05, 0) is 24.3 Å². The van der Waals surface area contributed by atoms with Crippen molar-refractivity contribution in [2.24, 2.45) is 5.73 Å². The summed E-state index contributed by atoms with van der Waals surface area (Å²) in [5.74, 6) is -1.01. The molecule has 0 fully saturated rings. The SMILES string of the molecule is N[C@@H](CN(Cc1ccccn1)Cc1ccccn1)C(=O)O. The second-order valence-corrected chi connectivity index (χ2v) is 4.76. The number of aliphatic carboxylic acids is 1. The molecule has 0 unspecified atom stereocenters. The maximum absolute atomic E-state index is 11.0. The third-order valence-electron chi connectivity index (χ3n) is 3.00. The van der Waals surface area contributed by atoms with Crippen LogP contribution in [0.4, 0.5) is 0 Å². The van der Waals surface area contributed by atoms with E-state index in [1.165, 1.54) is 0 Å². The minimum absolute atomic E-state index is 0.239. The van der Waals surface area contributed by atoms with Crippen LogP contribution in [-0.2, 0) is 17.9 Å². The number of hydrogen-bond donors (Lipinski definition) is 2. The van der Waals surface area contributed by atoms with Crippen molar-refractivity contribution in [1.82, 2.24) is 14.9 Å². The van der Waals surface area contributed by atoms with Crippen molar-refractivity contribution in [3.8, 4) is 0 Å². The van der Waals surface area contributed by atoms with E-state index in [4.69, 9.17) is 10.8 Å². The molecule has 0 radical (unpaired) electrons. The van der Waals surface area contributed by atoms with E-state index in [0.29, 0.717) is 13.1 Å². The zero-order chi connectivity index (χ0) is 15.1. The molecule has 0 spiro atoms. The van der Waals surface area contributed by atoms with E-state index in [1.54, 1.807) is 12.4 Å². The van der Waals surface area contributed by atoms with Crippen LogP contribution in [0.2, 0.25) is 0 Å². The molecule has 6 heteroatoms. The highest BCUT2D eigenvalue weighted by Crippen LogP contribution is 2.07. The number of pyridine rings is 2. The van der Waals surface area contributed by atoms with Gasteiger partial charge in [0.2, 0.25) is 0 Å². The zero-order valence-electron chi connectivity index (χ0n) is 11.6. The molecule has 6 nitrogen and oxygen atoms in total. The summed E-state index contributed by atoms with van der Waals surface area (Å²) < 4.78 is 0. The largest absolute Gasteiger partial charge is 0.480 e. The first-order chi connectivity index (χ1) is 10.1. The highest BCUT2D eigenvalue weighted by atomic mass is 16.4. The maximum atomic E-state index is 11.0. The van der Waals surface area contributed by atoms with E-state index in [9.17, 15) is 4.79 Å². The van der Waals surface area contributed by atoms with Crippen LogP contribution in [0.15, 0.2) is 48.8 Å². The minimum atomic E-state index is -1.01. The molecule has 3 N–H and O–H groups in total. The molecule has 2 rings (SSSR count). The molecular weight excluding hydrogens is 268 g/mol. The van der Waals surface area contributed by atoms with Gasteiger partial charge in [0.25, 0.3) is 0 Å². The third-order valence-corrected chi connectivity index (χ3v) is 3.00. The standard InChI is InChI=1S/C15H18N4O2/c16-14(15(20)21)11-19(9-12-5-1-3-7-17-12)10-13-6-2-4-8-18-13/h1-8,14H,9-11,16H2,(H,20,21)/t14-/m0/s1. The lowest BCUT2D eigenvalue weighted by atomic mass is 10.2.